The highest BCUT2D eigenvalue weighted by Crippen LogP contribution is 2.38. The first-order chi connectivity index (χ1) is 8.34. The van der Waals surface area contributed by atoms with Crippen LogP contribution in [-0.4, -0.2) is 43.9 Å². The van der Waals surface area contributed by atoms with Crippen LogP contribution in [0.1, 0.15) is 6.42 Å². The van der Waals surface area contributed by atoms with Crippen molar-refractivity contribution >= 4 is 12.1 Å². The third-order valence-electron chi connectivity index (χ3n) is 2.47. The summed E-state index contributed by atoms with van der Waals surface area (Å²) < 4.78 is 39.2. The van der Waals surface area contributed by atoms with Gasteiger partial charge in [0.05, 0.1) is 0 Å². The summed E-state index contributed by atoms with van der Waals surface area (Å²) in [7, 11) is 0. The van der Waals surface area contributed by atoms with Crippen LogP contribution in [0.2, 0.25) is 0 Å². The second-order valence-corrected chi connectivity index (χ2v) is 3.73. The summed E-state index contributed by atoms with van der Waals surface area (Å²) in [5, 5.41) is 16.5. The topological polar surface area (TPSA) is 70.7 Å². The van der Waals surface area contributed by atoms with Crippen molar-refractivity contribution in [1.82, 2.24) is 14.8 Å². The van der Waals surface area contributed by atoms with Gasteiger partial charge in [0.1, 0.15) is 6.54 Å². The molecule has 0 saturated heterocycles. The zero-order valence-electron chi connectivity index (χ0n) is 9.00. The zero-order chi connectivity index (χ0) is 13.4. The number of alkyl halides is 3. The third kappa shape index (κ3) is 1.96. The minimum absolute atomic E-state index is 0.0503. The van der Waals surface area contributed by atoms with Crippen LogP contribution in [0.15, 0.2) is 23.6 Å². The molecule has 1 amide bonds. The van der Waals surface area contributed by atoms with Gasteiger partial charge in [-0.15, -0.1) is 0 Å². The van der Waals surface area contributed by atoms with Gasteiger partial charge in [-0.2, -0.15) is 28.4 Å². The quantitative estimate of drug-likeness (QED) is 0.836. The maximum absolute atomic E-state index is 12.7. The Labute approximate surface area is 99.3 Å². The molecule has 1 aliphatic rings. The largest absolute Gasteiger partial charge is 0.438 e. The lowest BCUT2D eigenvalue weighted by atomic mass is 10.1. The van der Waals surface area contributed by atoms with E-state index in [1.54, 1.807) is 0 Å². The standard InChI is InChI=1S/C9H9F3N4O2/c10-9(11,12)8(18)2-4-14-16(8)7(17)6-15-5-1-3-13-15/h1,3-5,18H,2,6H2/t8-/m1/s1. The minimum atomic E-state index is -4.97. The van der Waals surface area contributed by atoms with E-state index in [2.05, 4.69) is 10.2 Å². The van der Waals surface area contributed by atoms with Crippen LogP contribution in [0.5, 0.6) is 0 Å². The maximum atomic E-state index is 12.7. The third-order valence-corrected chi connectivity index (χ3v) is 2.47. The first-order valence-electron chi connectivity index (χ1n) is 4.96. The van der Waals surface area contributed by atoms with Gasteiger partial charge in [-0.1, -0.05) is 0 Å². The van der Waals surface area contributed by atoms with Gasteiger partial charge in [0.2, 0.25) is 0 Å². The molecule has 0 fully saturated rings. The van der Waals surface area contributed by atoms with Crippen molar-refractivity contribution in [2.45, 2.75) is 24.9 Å². The molecule has 6 nitrogen and oxygen atoms in total. The molecule has 0 bridgehead atoms. The molecule has 18 heavy (non-hydrogen) atoms. The summed E-state index contributed by atoms with van der Waals surface area (Å²) in [4.78, 5) is 11.7. The molecule has 1 N–H and O–H groups in total. The molecular weight excluding hydrogens is 253 g/mol. The van der Waals surface area contributed by atoms with E-state index in [4.69, 9.17) is 0 Å². The Hall–Kier alpha value is -1.90. The molecule has 1 atom stereocenters. The molecule has 9 heteroatoms. The van der Waals surface area contributed by atoms with E-state index in [-0.39, 0.29) is 5.01 Å². The fourth-order valence-corrected chi connectivity index (χ4v) is 1.54. The number of hydrazone groups is 1. The number of nitrogens with zero attached hydrogens (tertiary/aromatic N) is 4. The van der Waals surface area contributed by atoms with E-state index in [0.717, 1.165) is 10.9 Å². The molecule has 0 unspecified atom stereocenters. The van der Waals surface area contributed by atoms with Gasteiger partial charge >= 0.3 is 6.18 Å². The second-order valence-electron chi connectivity index (χ2n) is 3.73. The Kier molecular flexibility index (Phi) is 2.85. The van der Waals surface area contributed by atoms with Gasteiger partial charge in [-0.05, 0) is 6.07 Å². The summed E-state index contributed by atoms with van der Waals surface area (Å²) in [6.45, 7) is -0.428. The number of carbonyl (C=O) groups excluding carboxylic acids is 1. The minimum Gasteiger partial charge on any atom is -0.362 e. The molecule has 2 heterocycles. The fourth-order valence-electron chi connectivity index (χ4n) is 1.54. The van der Waals surface area contributed by atoms with E-state index in [0.29, 0.717) is 0 Å². The van der Waals surface area contributed by atoms with Crippen molar-refractivity contribution in [1.29, 1.82) is 0 Å². The molecule has 1 aromatic heterocycles. The zero-order valence-corrected chi connectivity index (χ0v) is 9.00. The molecule has 0 aliphatic carbocycles. The highest BCUT2D eigenvalue weighted by Gasteiger charge is 2.61. The lowest BCUT2D eigenvalue weighted by Gasteiger charge is -2.32. The first kappa shape index (κ1) is 12.6. The number of aliphatic hydroxyl groups is 1. The van der Waals surface area contributed by atoms with Gasteiger partial charge < -0.3 is 5.11 Å². The maximum Gasteiger partial charge on any atom is 0.438 e. The molecule has 0 spiro atoms. The molecule has 0 aromatic carbocycles. The second kappa shape index (κ2) is 4.09. The summed E-state index contributed by atoms with van der Waals surface area (Å²) in [5.74, 6) is -0.993. The SMILES string of the molecule is O=C(Cn1cccn1)N1N=CC[C@@]1(O)C(F)(F)F. The van der Waals surface area contributed by atoms with Crippen LogP contribution in [0.25, 0.3) is 0 Å². The predicted octanol–water partition coefficient (Wildman–Crippen LogP) is 0.352. The average Bonchev–Trinajstić information content (AvgIpc) is 2.86. The van der Waals surface area contributed by atoms with E-state index in [1.807, 2.05) is 0 Å². The summed E-state index contributed by atoms with van der Waals surface area (Å²) >= 11 is 0. The van der Waals surface area contributed by atoms with Gasteiger partial charge in [-0.25, -0.2) is 0 Å². The monoisotopic (exact) mass is 262 g/mol. The van der Waals surface area contributed by atoms with Gasteiger partial charge in [0, 0.05) is 25.0 Å². The fraction of sp³-hybridized carbons (Fsp3) is 0.444. The first-order valence-corrected chi connectivity index (χ1v) is 4.96. The number of hydrogen-bond donors (Lipinski definition) is 1. The highest BCUT2D eigenvalue weighted by atomic mass is 19.4. The van der Waals surface area contributed by atoms with E-state index in [9.17, 15) is 23.1 Å². The Morgan fingerprint density at radius 2 is 2.22 bits per heavy atom. The highest BCUT2D eigenvalue weighted by molar-refractivity contribution is 5.80. The van der Waals surface area contributed by atoms with Crippen molar-refractivity contribution in [3.63, 3.8) is 0 Å². The van der Waals surface area contributed by atoms with Crippen LogP contribution in [0.4, 0.5) is 13.2 Å². The lowest BCUT2D eigenvalue weighted by molar-refractivity contribution is -0.302. The van der Waals surface area contributed by atoms with Gasteiger partial charge in [-0.3, -0.25) is 9.48 Å². The van der Waals surface area contributed by atoms with Crippen molar-refractivity contribution in [2.24, 2.45) is 5.10 Å². The Morgan fingerprint density at radius 1 is 1.50 bits per heavy atom. The van der Waals surface area contributed by atoms with E-state index >= 15 is 0 Å². The van der Waals surface area contributed by atoms with Crippen molar-refractivity contribution < 1.29 is 23.1 Å². The Balaban J connectivity index is 2.17. The summed E-state index contributed by atoms with van der Waals surface area (Å²) in [6, 6.07) is 1.52. The molecule has 2 rings (SSSR count). The molecule has 98 valence electrons. The van der Waals surface area contributed by atoms with E-state index in [1.165, 1.54) is 18.5 Å². The molecule has 0 radical (unpaired) electrons. The predicted molar refractivity (Wildman–Crippen MR) is 53.2 cm³/mol. The number of amides is 1. The smallest absolute Gasteiger partial charge is 0.362 e. The van der Waals surface area contributed by atoms with Gasteiger partial charge in [0.15, 0.2) is 0 Å². The Bertz CT molecular complexity index is 471. The van der Waals surface area contributed by atoms with Crippen LogP contribution >= 0.6 is 0 Å². The van der Waals surface area contributed by atoms with Gasteiger partial charge in [0.25, 0.3) is 11.6 Å². The van der Waals surface area contributed by atoms with Crippen molar-refractivity contribution in [2.75, 3.05) is 0 Å². The van der Waals surface area contributed by atoms with Crippen LogP contribution in [0.3, 0.4) is 0 Å². The number of halogens is 3. The summed E-state index contributed by atoms with van der Waals surface area (Å²) in [5.41, 5.74) is -3.27. The molecule has 1 aliphatic heterocycles. The Morgan fingerprint density at radius 3 is 2.78 bits per heavy atom. The average molecular weight is 262 g/mol. The lowest BCUT2D eigenvalue weighted by Crippen LogP contribution is -2.57. The van der Waals surface area contributed by atoms with Crippen molar-refractivity contribution in [3.8, 4) is 0 Å². The van der Waals surface area contributed by atoms with Crippen LogP contribution < -0.4 is 0 Å². The number of hydrogen-bond acceptors (Lipinski definition) is 4. The number of carbonyl (C=O) groups is 1. The normalized spacial score (nSPS) is 23.7. The molecule has 0 saturated carbocycles. The summed E-state index contributed by atoms with van der Waals surface area (Å²) in [6.07, 6.45) is -2.08. The number of aromatic nitrogens is 2. The molecule has 1 aromatic rings. The molecular formula is C9H9F3N4O2. The van der Waals surface area contributed by atoms with Crippen LogP contribution in [0, 0.1) is 0 Å². The van der Waals surface area contributed by atoms with Crippen molar-refractivity contribution in [3.05, 3.63) is 18.5 Å². The number of rotatable bonds is 2. The van der Waals surface area contributed by atoms with Crippen LogP contribution in [-0.2, 0) is 11.3 Å². The van der Waals surface area contributed by atoms with E-state index < -0.39 is 30.8 Å².